The molecule has 2 rings (SSSR count). The van der Waals surface area contributed by atoms with E-state index < -0.39 is 29.3 Å². The van der Waals surface area contributed by atoms with Crippen molar-refractivity contribution in [2.45, 2.75) is 65.0 Å². The molecule has 2 amide bonds. The highest BCUT2D eigenvalue weighted by Crippen LogP contribution is 2.34. The monoisotopic (exact) mass is 415 g/mol. The third-order valence-electron chi connectivity index (χ3n) is 4.69. The molecule has 0 aromatic heterocycles. The summed E-state index contributed by atoms with van der Waals surface area (Å²) in [4.78, 5) is 27.2. The second-order valence-electron chi connectivity index (χ2n) is 8.51. The van der Waals surface area contributed by atoms with Crippen molar-refractivity contribution < 1.29 is 27.5 Å². The summed E-state index contributed by atoms with van der Waals surface area (Å²) in [6.45, 7) is 9.88. The van der Waals surface area contributed by atoms with Crippen molar-refractivity contribution >= 4 is 12.0 Å². The number of carbonyl (C=O) groups excluding carboxylic acids is 2. The summed E-state index contributed by atoms with van der Waals surface area (Å²) in [6, 6.07) is 2.93. The Balaban J connectivity index is 2.19. The first-order valence-corrected chi connectivity index (χ1v) is 9.42. The smallest absolute Gasteiger partial charge is 0.416 e. The molecule has 2 atom stereocenters. The second kappa shape index (κ2) is 8.22. The molecule has 29 heavy (non-hydrogen) atoms. The van der Waals surface area contributed by atoms with Crippen molar-refractivity contribution in [3.8, 4) is 0 Å². The molecule has 0 aliphatic carbocycles. The van der Waals surface area contributed by atoms with Crippen LogP contribution in [0.15, 0.2) is 18.2 Å². The Morgan fingerprint density at radius 3 is 2.14 bits per heavy atom. The highest BCUT2D eigenvalue weighted by atomic mass is 19.4. The van der Waals surface area contributed by atoms with E-state index in [1.807, 2.05) is 18.7 Å². The van der Waals surface area contributed by atoms with Gasteiger partial charge in [0.1, 0.15) is 5.60 Å². The Morgan fingerprint density at radius 2 is 1.69 bits per heavy atom. The molecule has 1 fully saturated rings. The van der Waals surface area contributed by atoms with Crippen molar-refractivity contribution in [3.63, 3.8) is 0 Å². The molecule has 1 aliphatic rings. The van der Waals surface area contributed by atoms with Crippen LogP contribution in [0.1, 0.15) is 56.1 Å². The van der Waals surface area contributed by atoms with E-state index in [9.17, 15) is 22.8 Å². The summed E-state index contributed by atoms with van der Waals surface area (Å²) in [5.74, 6) is -0.907. The van der Waals surface area contributed by atoms with Crippen LogP contribution in [0.5, 0.6) is 0 Å². The van der Waals surface area contributed by atoms with Crippen molar-refractivity contribution in [2.24, 2.45) is 5.73 Å². The van der Waals surface area contributed by atoms with Crippen LogP contribution in [0.25, 0.3) is 0 Å². The predicted molar refractivity (Wildman–Crippen MR) is 102 cm³/mol. The zero-order valence-electron chi connectivity index (χ0n) is 17.3. The quantitative estimate of drug-likeness (QED) is 0.818. The lowest BCUT2D eigenvalue weighted by atomic mass is 10.0. The maximum Gasteiger partial charge on any atom is 0.416 e. The molecule has 1 aliphatic heterocycles. The average Bonchev–Trinajstić information content (AvgIpc) is 2.51. The molecule has 162 valence electrons. The third kappa shape index (κ3) is 5.85. The molecule has 0 bridgehead atoms. The summed E-state index contributed by atoms with van der Waals surface area (Å²) >= 11 is 0. The SMILES string of the molecule is CC1CN(Cc2ccc(C(N)=O)cc2C(F)(F)F)CC(C)N1C(=O)OC(C)(C)C. The number of alkyl halides is 3. The second-order valence-corrected chi connectivity index (χ2v) is 8.51. The molecule has 0 spiro atoms. The first-order chi connectivity index (χ1) is 13.2. The van der Waals surface area contributed by atoms with Gasteiger partial charge < -0.3 is 15.4 Å². The molecule has 1 heterocycles. The summed E-state index contributed by atoms with van der Waals surface area (Å²) in [5, 5.41) is 0. The molecule has 2 unspecified atom stereocenters. The molecular weight excluding hydrogens is 387 g/mol. The van der Waals surface area contributed by atoms with Gasteiger partial charge in [0, 0.05) is 37.3 Å². The Kier molecular flexibility index (Phi) is 6.51. The van der Waals surface area contributed by atoms with E-state index in [1.54, 1.807) is 25.7 Å². The number of ether oxygens (including phenoxy) is 1. The number of benzene rings is 1. The normalized spacial score (nSPS) is 21.2. The largest absolute Gasteiger partial charge is 0.444 e. The van der Waals surface area contributed by atoms with E-state index in [0.29, 0.717) is 13.1 Å². The Morgan fingerprint density at radius 1 is 1.14 bits per heavy atom. The van der Waals surface area contributed by atoms with E-state index in [0.717, 1.165) is 6.07 Å². The molecule has 1 saturated heterocycles. The van der Waals surface area contributed by atoms with Crippen LogP contribution in [0.4, 0.5) is 18.0 Å². The number of piperazine rings is 1. The average molecular weight is 415 g/mol. The van der Waals surface area contributed by atoms with Gasteiger partial charge in [-0.3, -0.25) is 9.69 Å². The van der Waals surface area contributed by atoms with E-state index in [4.69, 9.17) is 10.5 Å². The van der Waals surface area contributed by atoms with Crippen LogP contribution in [-0.4, -0.2) is 52.6 Å². The Hall–Kier alpha value is -2.29. The lowest BCUT2D eigenvalue weighted by Crippen LogP contribution is -2.59. The van der Waals surface area contributed by atoms with Crippen molar-refractivity contribution in [1.29, 1.82) is 0 Å². The molecule has 6 nitrogen and oxygen atoms in total. The van der Waals surface area contributed by atoms with Gasteiger partial charge in [0.05, 0.1) is 5.56 Å². The number of hydrogen-bond donors (Lipinski definition) is 1. The number of primary amides is 1. The summed E-state index contributed by atoms with van der Waals surface area (Å²) in [6.07, 6.45) is -5.03. The van der Waals surface area contributed by atoms with E-state index in [2.05, 4.69) is 0 Å². The summed E-state index contributed by atoms with van der Waals surface area (Å²) in [7, 11) is 0. The highest BCUT2D eigenvalue weighted by Gasteiger charge is 2.38. The number of nitrogens with two attached hydrogens (primary N) is 1. The van der Waals surface area contributed by atoms with Gasteiger partial charge in [0.2, 0.25) is 5.91 Å². The van der Waals surface area contributed by atoms with Crippen LogP contribution in [0.3, 0.4) is 0 Å². The Labute approximate surface area is 168 Å². The lowest BCUT2D eigenvalue weighted by molar-refractivity contribution is -0.138. The number of amides is 2. The lowest BCUT2D eigenvalue weighted by Gasteiger charge is -2.44. The number of halogens is 3. The summed E-state index contributed by atoms with van der Waals surface area (Å²) < 4.78 is 45.9. The first kappa shape index (κ1) is 23.0. The minimum absolute atomic E-state index is 0.0464. The zero-order chi connectivity index (χ0) is 22.1. The maximum absolute atomic E-state index is 13.5. The van der Waals surface area contributed by atoms with Gasteiger partial charge >= 0.3 is 12.3 Å². The fourth-order valence-electron chi connectivity index (χ4n) is 3.61. The first-order valence-electron chi connectivity index (χ1n) is 9.42. The van der Waals surface area contributed by atoms with Crippen LogP contribution in [0, 0.1) is 0 Å². The van der Waals surface area contributed by atoms with Crippen molar-refractivity contribution in [3.05, 3.63) is 34.9 Å². The Bertz CT molecular complexity index is 762. The number of rotatable bonds is 3. The topological polar surface area (TPSA) is 75.9 Å². The highest BCUT2D eigenvalue weighted by molar-refractivity contribution is 5.93. The van der Waals surface area contributed by atoms with Crippen LogP contribution >= 0.6 is 0 Å². The van der Waals surface area contributed by atoms with Gasteiger partial charge in [-0.15, -0.1) is 0 Å². The van der Waals surface area contributed by atoms with E-state index in [1.165, 1.54) is 12.1 Å². The fraction of sp³-hybridized carbons (Fsp3) is 0.600. The van der Waals surface area contributed by atoms with Crippen molar-refractivity contribution in [2.75, 3.05) is 13.1 Å². The standard InChI is InChI=1S/C20H28F3N3O3/c1-12-9-25(10-13(2)26(12)18(28)29-19(3,4)5)11-15-7-6-14(17(24)27)8-16(15)20(21,22)23/h6-8,12-13H,9-11H2,1-5H3,(H2,24,27). The zero-order valence-corrected chi connectivity index (χ0v) is 17.3. The molecule has 1 aromatic carbocycles. The number of hydrogen-bond acceptors (Lipinski definition) is 4. The van der Waals surface area contributed by atoms with Crippen LogP contribution in [-0.2, 0) is 17.5 Å². The van der Waals surface area contributed by atoms with Gasteiger partial charge in [-0.2, -0.15) is 13.2 Å². The van der Waals surface area contributed by atoms with Gasteiger partial charge in [-0.1, -0.05) is 6.07 Å². The van der Waals surface area contributed by atoms with Gasteiger partial charge in [0.25, 0.3) is 0 Å². The molecule has 9 heteroatoms. The van der Waals surface area contributed by atoms with Gasteiger partial charge in [-0.05, 0) is 52.3 Å². The van der Waals surface area contributed by atoms with Gasteiger partial charge in [0.15, 0.2) is 0 Å². The number of carbonyl (C=O) groups is 2. The fourth-order valence-corrected chi connectivity index (χ4v) is 3.61. The molecule has 0 radical (unpaired) electrons. The molecule has 1 aromatic rings. The van der Waals surface area contributed by atoms with E-state index in [-0.39, 0.29) is 29.8 Å². The minimum Gasteiger partial charge on any atom is -0.444 e. The molecule has 0 saturated carbocycles. The van der Waals surface area contributed by atoms with Crippen LogP contribution < -0.4 is 5.73 Å². The van der Waals surface area contributed by atoms with E-state index >= 15 is 0 Å². The van der Waals surface area contributed by atoms with Crippen molar-refractivity contribution in [1.82, 2.24) is 9.80 Å². The molecular formula is C20H28F3N3O3. The van der Waals surface area contributed by atoms with Crippen LogP contribution in [0.2, 0.25) is 0 Å². The number of nitrogens with zero attached hydrogens (tertiary/aromatic N) is 2. The maximum atomic E-state index is 13.5. The molecule has 2 N–H and O–H groups in total. The third-order valence-corrected chi connectivity index (χ3v) is 4.69. The predicted octanol–water partition coefficient (Wildman–Crippen LogP) is 3.63. The minimum atomic E-state index is -4.60. The van der Waals surface area contributed by atoms with Gasteiger partial charge in [-0.25, -0.2) is 4.79 Å². The summed E-state index contributed by atoms with van der Waals surface area (Å²) in [5.41, 5.74) is 3.50.